The first-order valence-electron chi connectivity index (χ1n) is 9.43. The van der Waals surface area contributed by atoms with Crippen LogP contribution in [-0.4, -0.2) is 30.3 Å². The number of Topliss-reactive ketones (excluding diaryl/α,β-unsaturated/α-hetero) is 1. The highest BCUT2D eigenvalue weighted by molar-refractivity contribution is 6.02. The average Bonchev–Trinajstić information content (AvgIpc) is 2.72. The smallest absolute Gasteiger partial charge is 0.326 e. The maximum Gasteiger partial charge on any atom is 0.326 e. The van der Waals surface area contributed by atoms with E-state index in [9.17, 15) is 14.4 Å². The summed E-state index contributed by atoms with van der Waals surface area (Å²) in [6.45, 7) is 4.96. The third-order valence-electron chi connectivity index (χ3n) is 4.74. The predicted octanol–water partition coefficient (Wildman–Crippen LogP) is 4.00. The van der Waals surface area contributed by atoms with E-state index in [1.165, 1.54) is 6.92 Å². The monoisotopic (exact) mass is 389 g/mol. The Morgan fingerprint density at radius 3 is 2.41 bits per heavy atom. The van der Waals surface area contributed by atoms with Gasteiger partial charge in [0.05, 0.1) is 0 Å². The number of carbonyl (C=O) groups excluding carboxylic acids is 3. The van der Waals surface area contributed by atoms with Crippen LogP contribution in [0.15, 0.2) is 60.7 Å². The molecule has 0 aliphatic heterocycles. The van der Waals surface area contributed by atoms with Crippen molar-refractivity contribution in [1.82, 2.24) is 5.32 Å². The van der Waals surface area contributed by atoms with E-state index in [0.29, 0.717) is 11.1 Å². The zero-order valence-corrected chi connectivity index (χ0v) is 16.7. The highest BCUT2D eigenvalue weighted by Gasteiger charge is 2.21. The summed E-state index contributed by atoms with van der Waals surface area (Å²) in [5.74, 6) is -1.30. The Kier molecular flexibility index (Phi) is 6.07. The van der Waals surface area contributed by atoms with Crippen LogP contribution in [-0.2, 0) is 9.53 Å². The molecule has 0 radical (unpaired) electrons. The second-order valence-electron chi connectivity index (χ2n) is 7.06. The number of carbonyl (C=O) groups is 3. The van der Waals surface area contributed by atoms with E-state index in [-0.39, 0.29) is 18.2 Å². The minimum atomic E-state index is -0.930. The lowest BCUT2D eigenvalue weighted by Crippen LogP contribution is -2.34. The highest BCUT2D eigenvalue weighted by atomic mass is 16.5. The summed E-state index contributed by atoms with van der Waals surface area (Å²) >= 11 is 0. The number of hydrogen-bond donors (Lipinski definition) is 1. The van der Waals surface area contributed by atoms with E-state index in [2.05, 4.69) is 5.32 Å². The SMILES string of the molecule is Cc1ccc(C)c(C(=O)[C@@H](C)OC(=O)CNC(=O)c2ccc3ccccc3c2)c1. The lowest BCUT2D eigenvalue weighted by Gasteiger charge is -2.14. The lowest BCUT2D eigenvalue weighted by atomic mass is 9.99. The number of hydrogen-bond acceptors (Lipinski definition) is 4. The molecular formula is C24H23NO4. The van der Waals surface area contributed by atoms with E-state index in [0.717, 1.165) is 21.9 Å². The Morgan fingerprint density at radius 2 is 1.66 bits per heavy atom. The van der Waals surface area contributed by atoms with Gasteiger partial charge in [0.1, 0.15) is 6.54 Å². The van der Waals surface area contributed by atoms with E-state index in [1.807, 2.05) is 56.3 Å². The zero-order chi connectivity index (χ0) is 21.0. The Balaban J connectivity index is 1.57. The number of fused-ring (bicyclic) bond motifs is 1. The van der Waals surface area contributed by atoms with E-state index < -0.39 is 12.1 Å². The van der Waals surface area contributed by atoms with Gasteiger partial charge < -0.3 is 10.1 Å². The van der Waals surface area contributed by atoms with Gasteiger partial charge in [-0.05, 0) is 55.3 Å². The lowest BCUT2D eigenvalue weighted by molar-refractivity contribution is -0.145. The van der Waals surface area contributed by atoms with Gasteiger partial charge >= 0.3 is 5.97 Å². The Morgan fingerprint density at radius 1 is 0.931 bits per heavy atom. The number of nitrogens with one attached hydrogen (secondary N) is 1. The summed E-state index contributed by atoms with van der Waals surface area (Å²) in [5.41, 5.74) is 2.77. The standard InChI is InChI=1S/C24H23NO4/c1-15-8-9-16(2)21(12-15)23(27)17(3)29-22(26)14-25-24(28)20-11-10-18-6-4-5-7-19(18)13-20/h4-13,17H,14H2,1-3H3,(H,25,28)/t17-/m1/s1. The second-order valence-corrected chi connectivity index (χ2v) is 7.06. The number of benzene rings is 3. The van der Waals surface area contributed by atoms with E-state index >= 15 is 0 Å². The molecular weight excluding hydrogens is 366 g/mol. The van der Waals surface area contributed by atoms with Gasteiger partial charge in [0.2, 0.25) is 5.78 Å². The van der Waals surface area contributed by atoms with Gasteiger partial charge in [0.25, 0.3) is 5.91 Å². The van der Waals surface area contributed by atoms with E-state index in [4.69, 9.17) is 4.74 Å². The molecule has 0 saturated carbocycles. The fourth-order valence-electron chi connectivity index (χ4n) is 3.10. The van der Waals surface area contributed by atoms with Crippen molar-refractivity contribution in [2.24, 2.45) is 0 Å². The first-order chi connectivity index (χ1) is 13.8. The van der Waals surface area contributed by atoms with Crippen LogP contribution >= 0.6 is 0 Å². The summed E-state index contributed by atoms with van der Waals surface area (Å²) in [4.78, 5) is 37.0. The fraction of sp³-hybridized carbons (Fsp3) is 0.208. The molecule has 0 aliphatic rings. The van der Waals surface area contributed by atoms with Crippen LogP contribution in [0.2, 0.25) is 0 Å². The number of esters is 1. The molecule has 3 aromatic rings. The van der Waals surface area contributed by atoms with Gasteiger partial charge in [-0.2, -0.15) is 0 Å². The van der Waals surface area contributed by atoms with E-state index in [1.54, 1.807) is 18.2 Å². The summed E-state index contributed by atoms with van der Waals surface area (Å²) in [5, 5.41) is 4.51. The number of aryl methyl sites for hydroxylation is 2. The summed E-state index contributed by atoms with van der Waals surface area (Å²) in [6, 6.07) is 18.6. The zero-order valence-electron chi connectivity index (χ0n) is 16.7. The largest absolute Gasteiger partial charge is 0.453 e. The van der Waals surface area contributed by atoms with Crippen molar-refractivity contribution < 1.29 is 19.1 Å². The van der Waals surface area contributed by atoms with Crippen molar-refractivity contribution in [3.63, 3.8) is 0 Å². The minimum absolute atomic E-state index is 0.264. The van der Waals surface area contributed by atoms with Crippen molar-refractivity contribution in [3.8, 4) is 0 Å². The molecule has 0 fully saturated rings. The number of ketones is 1. The molecule has 3 aromatic carbocycles. The van der Waals surface area contributed by atoms with Gasteiger partial charge in [-0.15, -0.1) is 0 Å². The van der Waals surface area contributed by atoms with Gasteiger partial charge in [-0.1, -0.05) is 48.0 Å². The molecule has 0 unspecified atom stereocenters. The van der Waals surface area contributed by atoms with Crippen molar-refractivity contribution in [1.29, 1.82) is 0 Å². The van der Waals surface area contributed by atoms with Gasteiger partial charge in [-0.25, -0.2) is 0 Å². The Bertz CT molecular complexity index is 1090. The van der Waals surface area contributed by atoms with Crippen molar-refractivity contribution in [3.05, 3.63) is 82.9 Å². The molecule has 0 saturated heterocycles. The molecule has 0 heterocycles. The molecule has 1 N–H and O–H groups in total. The van der Waals surface area contributed by atoms with Gasteiger partial charge in [0.15, 0.2) is 6.10 Å². The second kappa shape index (κ2) is 8.69. The van der Waals surface area contributed by atoms with Crippen LogP contribution in [0.1, 0.15) is 38.8 Å². The molecule has 3 rings (SSSR count). The first-order valence-corrected chi connectivity index (χ1v) is 9.43. The molecule has 0 bridgehead atoms. The topological polar surface area (TPSA) is 72.5 Å². The average molecular weight is 389 g/mol. The van der Waals surface area contributed by atoms with Crippen LogP contribution < -0.4 is 5.32 Å². The van der Waals surface area contributed by atoms with Crippen LogP contribution in [0.3, 0.4) is 0 Å². The number of ether oxygens (including phenoxy) is 1. The maximum atomic E-state index is 12.6. The molecule has 1 amide bonds. The Hall–Kier alpha value is -3.47. The number of amides is 1. The van der Waals surface area contributed by atoms with Crippen LogP contribution in [0, 0.1) is 13.8 Å². The third-order valence-corrected chi connectivity index (χ3v) is 4.74. The Labute approximate surface area is 169 Å². The van der Waals surface area contributed by atoms with Crippen molar-refractivity contribution >= 4 is 28.4 Å². The molecule has 5 heteroatoms. The predicted molar refractivity (Wildman–Crippen MR) is 112 cm³/mol. The van der Waals surface area contributed by atoms with Crippen LogP contribution in [0.5, 0.6) is 0 Å². The molecule has 0 aliphatic carbocycles. The quantitative estimate of drug-likeness (QED) is 0.511. The summed E-state index contributed by atoms with van der Waals surface area (Å²) in [6.07, 6.45) is -0.930. The van der Waals surface area contributed by atoms with Gasteiger partial charge in [-0.3, -0.25) is 14.4 Å². The van der Waals surface area contributed by atoms with Crippen molar-refractivity contribution in [2.75, 3.05) is 6.54 Å². The van der Waals surface area contributed by atoms with Crippen LogP contribution in [0.4, 0.5) is 0 Å². The normalized spacial score (nSPS) is 11.7. The van der Waals surface area contributed by atoms with Gasteiger partial charge in [0, 0.05) is 11.1 Å². The highest BCUT2D eigenvalue weighted by Crippen LogP contribution is 2.16. The summed E-state index contributed by atoms with van der Waals surface area (Å²) < 4.78 is 5.21. The molecule has 0 spiro atoms. The van der Waals surface area contributed by atoms with Crippen molar-refractivity contribution in [2.45, 2.75) is 26.9 Å². The van der Waals surface area contributed by atoms with Crippen LogP contribution in [0.25, 0.3) is 10.8 Å². The molecule has 0 aromatic heterocycles. The molecule has 5 nitrogen and oxygen atoms in total. The molecule has 148 valence electrons. The summed E-state index contributed by atoms with van der Waals surface area (Å²) in [7, 11) is 0. The first kappa shape index (κ1) is 20.3. The minimum Gasteiger partial charge on any atom is -0.453 e. The molecule has 1 atom stereocenters. The third kappa shape index (κ3) is 4.88. The molecule has 29 heavy (non-hydrogen) atoms. The maximum absolute atomic E-state index is 12.6. The number of rotatable bonds is 6. The fourth-order valence-corrected chi connectivity index (χ4v) is 3.10.